The van der Waals surface area contributed by atoms with E-state index in [1.165, 1.54) is 11.8 Å². The van der Waals surface area contributed by atoms with E-state index in [0.717, 1.165) is 0 Å². The zero-order valence-corrected chi connectivity index (χ0v) is 12.0. The van der Waals surface area contributed by atoms with Crippen LogP contribution in [0.2, 0.25) is 0 Å². The Morgan fingerprint density at radius 2 is 2.23 bits per heavy atom. The molecule has 2 rings (SSSR count). The third kappa shape index (κ3) is 3.95. The van der Waals surface area contributed by atoms with Gasteiger partial charge in [0.25, 0.3) is 0 Å². The fourth-order valence-electron chi connectivity index (χ4n) is 1.53. The normalized spacial score (nSPS) is 10.6. The monoisotopic (exact) mass is 327 g/mol. The van der Waals surface area contributed by atoms with Crippen LogP contribution in [0.1, 0.15) is 0 Å². The van der Waals surface area contributed by atoms with Gasteiger partial charge in [-0.05, 0) is 0 Å². The summed E-state index contributed by atoms with van der Waals surface area (Å²) in [5, 5.41) is 21.6. The van der Waals surface area contributed by atoms with Crippen LogP contribution in [0.4, 0.5) is 5.95 Å². The van der Waals surface area contributed by atoms with Crippen LogP contribution in [0.5, 0.6) is 5.88 Å². The van der Waals surface area contributed by atoms with E-state index in [-0.39, 0.29) is 28.8 Å². The van der Waals surface area contributed by atoms with Crippen molar-refractivity contribution in [2.75, 3.05) is 24.6 Å². The number of nitrogens with two attached hydrogens (primary N) is 1. The first-order chi connectivity index (χ1) is 10.5. The molecular formula is C10H13N7O4S. The summed E-state index contributed by atoms with van der Waals surface area (Å²) in [4.78, 5) is 35.9. The summed E-state index contributed by atoms with van der Waals surface area (Å²) >= 11 is 1.28. The number of nitrogen functional groups attached to an aromatic ring is 1. The first kappa shape index (κ1) is 15.8. The maximum absolute atomic E-state index is 11.3. The fourth-order valence-corrected chi connectivity index (χ4v) is 2.25. The number of hydrogen-bond donors (Lipinski definition) is 5. The Hall–Kier alpha value is -2.60. The van der Waals surface area contributed by atoms with Crippen molar-refractivity contribution < 1.29 is 19.9 Å². The molecule has 0 bridgehead atoms. The smallest absolute Gasteiger partial charge is 0.244 e. The molecule has 2 aromatic rings. The molecule has 2 amide bonds. The van der Waals surface area contributed by atoms with Gasteiger partial charge in [-0.2, -0.15) is 9.97 Å². The maximum Gasteiger partial charge on any atom is 0.244 e. The predicted octanol–water partition coefficient (Wildman–Crippen LogP) is -1.30. The van der Waals surface area contributed by atoms with Crippen molar-refractivity contribution in [1.82, 2.24) is 30.3 Å². The van der Waals surface area contributed by atoms with Gasteiger partial charge >= 0.3 is 0 Å². The number of H-pyrrole nitrogens is 1. The number of hydrogen-bond acceptors (Lipinski definition) is 9. The third-order valence-electron chi connectivity index (χ3n) is 2.41. The molecule has 2 heterocycles. The van der Waals surface area contributed by atoms with Crippen LogP contribution in [0, 0.1) is 0 Å². The number of nitrogens with zero attached hydrogens (tertiary/aromatic N) is 4. The standard InChI is InChI=1S/C10H13N7O4S/c11-9-14-7-6(8(20)16-9)13-10(15-7)22-2-1-12-5(19)3-17(21)4-18/h4,21H,1-3H2,(H,12,19)(H4,11,13,14,15,16,20). The lowest BCUT2D eigenvalue weighted by Gasteiger charge is -2.08. The van der Waals surface area contributed by atoms with E-state index < -0.39 is 12.5 Å². The Kier molecular flexibility index (Phi) is 4.95. The summed E-state index contributed by atoms with van der Waals surface area (Å²) in [6.45, 7) is -0.130. The molecule has 0 spiro atoms. The van der Waals surface area contributed by atoms with Gasteiger partial charge in [0.1, 0.15) is 6.54 Å². The first-order valence-electron chi connectivity index (χ1n) is 6.02. The third-order valence-corrected chi connectivity index (χ3v) is 3.29. The molecule has 0 saturated carbocycles. The molecule has 0 aromatic carbocycles. The first-order valence-corrected chi connectivity index (χ1v) is 7.00. The number of nitrogens with one attached hydrogen (secondary N) is 2. The van der Waals surface area contributed by atoms with E-state index in [2.05, 4.69) is 25.3 Å². The van der Waals surface area contributed by atoms with Gasteiger partial charge in [-0.15, -0.1) is 0 Å². The SMILES string of the molecule is Nc1nc(O)c2nc(SCCNC(=O)CN(O)C=O)[nH]c2n1. The Morgan fingerprint density at radius 3 is 2.95 bits per heavy atom. The minimum Gasteiger partial charge on any atom is -0.492 e. The Bertz CT molecular complexity index is 691. The highest BCUT2D eigenvalue weighted by atomic mass is 32.2. The van der Waals surface area contributed by atoms with Crippen LogP contribution in [0.15, 0.2) is 5.16 Å². The van der Waals surface area contributed by atoms with Gasteiger partial charge in [-0.25, -0.2) is 10.0 Å². The van der Waals surface area contributed by atoms with E-state index in [4.69, 9.17) is 10.9 Å². The average Bonchev–Trinajstić information content (AvgIpc) is 2.86. The van der Waals surface area contributed by atoms with Gasteiger partial charge in [-0.1, -0.05) is 11.8 Å². The number of imidazole rings is 1. The fraction of sp³-hybridized carbons (Fsp3) is 0.300. The second-order valence-corrected chi connectivity index (χ2v) is 5.13. The second-order valence-electron chi connectivity index (χ2n) is 4.05. The van der Waals surface area contributed by atoms with Crippen molar-refractivity contribution in [3.8, 4) is 5.88 Å². The second kappa shape index (κ2) is 6.91. The molecule has 12 heteroatoms. The summed E-state index contributed by atoms with van der Waals surface area (Å²) in [5.74, 6) is -0.394. The molecule has 0 atom stereocenters. The predicted molar refractivity (Wildman–Crippen MR) is 76.1 cm³/mol. The van der Waals surface area contributed by atoms with Gasteiger partial charge in [-0.3, -0.25) is 14.8 Å². The van der Waals surface area contributed by atoms with Crippen molar-refractivity contribution in [2.24, 2.45) is 0 Å². The summed E-state index contributed by atoms with van der Waals surface area (Å²) < 4.78 is 0. The lowest BCUT2D eigenvalue weighted by Crippen LogP contribution is -2.35. The van der Waals surface area contributed by atoms with Crippen molar-refractivity contribution in [1.29, 1.82) is 0 Å². The molecule has 6 N–H and O–H groups in total. The Labute approximate surface area is 127 Å². The van der Waals surface area contributed by atoms with Gasteiger partial charge in [0.15, 0.2) is 16.3 Å². The Morgan fingerprint density at radius 1 is 1.45 bits per heavy atom. The number of aromatic nitrogens is 4. The van der Waals surface area contributed by atoms with Crippen molar-refractivity contribution in [3.05, 3.63) is 0 Å². The van der Waals surface area contributed by atoms with Crippen LogP contribution in [-0.4, -0.2) is 66.5 Å². The molecule has 2 aromatic heterocycles. The highest BCUT2D eigenvalue weighted by Crippen LogP contribution is 2.23. The van der Waals surface area contributed by atoms with E-state index in [1.54, 1.807) is 0 Å². The van der Waals surface area contributed by atoms with Gasteiger partial charge < -0.3 is 21.1 Å². The number of anilines is 1. The summed E-state index contributed by atoms with van der Waals surface area (Å²) in [7, 11) is 0. The number of carbonyl (C=O) groups excluding carboxylic acids is 2. The van der Waals surface area contributed by atoms with Gasteiger partial charge in [0, 0.05) is 12.3 Å². The summed E-state index contributed by atoms with van der Waals surface area (Å²) in [6.07, 6.45) is 0.141. The number of fused-ring (bicyclic) bond motifs is 1. The number of aromatic amines is 1. The molecule has 0 fully saturated rings. The highest BCUT2D eigenvalue weighted by Gasteiger charge is 2.11. The number of aromatic hydroxyl groups is 1. The van der Waals surface area contributed by atoms with Crippen molar-refractivity contribution in [3.63, 3.8) is 0 Å². The molecule has 11 nitrogen and oxygen atoms in total. The van der Waals surface area contributed by atoms with Crippen molar-refractivity contribution >= 4 is 41.2 Å². The van der Waals surface area contributed by atoms with Crippen LogP contribution in [0.3, 0.4) is 0 Å². The van der Waals surface area contributed by atoms with Crippen LogP contribution < -0.4 is 11.1 Å². The Balaban J connectivity index is 1.84. The highest BCUT2D eigenvalue weighted by molar-refractivity contribution is 7.99. The number of hydroxylamine groups is 2. The topological polar surface area (TPSA) is 170 Å². The van der Waals surface area contributed by atoms with Crippen molar-refractivity contribution in [2.45, 2.75) is 5.16 Å². The average molecular weight is 327 g/mol. The number of thioether (sulfide) groups is 1. The number of carbonyl (C=O) groups is 2. The molecule has 118 valence electrons. The van der Waals surface area contributed by atoms with Gasteiger partial charge in [0.2, 0.25) is 24.1 Å². The number of rotatable bonds is 7. The molecule has 22 heavy (non-hydrogen) atoms. The van der Waals surface area contributed by atoms with E-state index in [0.29, 0.717) is 23.1 Å². The zero-order valence-electron chi connectivity index (χ0n) is 11.2. The van der Waals surface area contributed by atoms with Crippen LogP contribution in [0.25, 0.3) is 11.2 Å². The molecule has 0 unspecified atom stereocenters. The lowest BCUT2D eigenvalue weighted by molar-refractivity contribution is -0.155. The molecule has 0 aliphatic carbocycles. The number of amides is 2. The largest absolute Gasteiger partial charge is 0.492 e. The molecular weight excluding hydrogens is 314 g/mol. The van der Waals surface area contributed by atoms with Crippen LogP contribution >= 0.6 is 11.8 Å². The molecule has 0 aliphatic heterocycles. The van der Waals surface area contributed by atoms with E-state index in [9.17, 15) is 14.7 Å². The van der Waals surface area contributed by atoms with E-state index in [1.807, 2.05) is 0 Å². The lowest BCUT2D eigenvalue weighted by atomic mass is 10.5. The molecule has 0 saturated heterocycles. The molecule has 0 radical (unpaired) electrons. The summed E-state index contributed by atoms with van der Waals surface area (Å²) in [6, 6.07) is 0. The minimum absolute atomic E-state index is 0.0683. The van der Waals surface area contributed by atoms with Crippen LogP contribution in [-0.2, 0) is 9.59 Å². The summed E-state index contributed by atoms with van der Waals surface area (Å²) in [5.41, 5.74) is 5.94. The zero-order chi connectivity index (χ0) is 16.1. The maximum atomic E-state index is 11.3. The minimum atomic E-state index is -0.490. The van der Waals surface area contributed by atoms with E-state index >= 15 is 0 Å². The molecule has 0 aliphatic rings. The van der Waals surface area contributed by atoms with Gasteiger partial charge in [0.05, 0.1) is 0 Å². The quantitative estimate of drug-likeness (QED) is 0.136.